The maximum Gasteiger partial charge on any atom is 0.172 e. The topological polar surface area (TPSA) is 32.7 Å². The van der Waals surface area contributed by atoms with Gasteiger partial charge in [0.25, 0.3) is 0 Å². The van der Waals surface area contributed by atoms with Crippen LogP contribution in [0.5, 0.6) is 0 Å². The third-order valence-corrected chi connectivity index (χ3v) is 2.82. The van der Waals surface area contributed by atoms with Crippen LogP contribution in [0.3, 0.4) is 0 Å². The molecule has 0 saturated heterocycles. The average molecular weight is 266 g/mol. The lowest BCUT2D eigenvalue weighted by Crippen LogP contribution is -2.17. The summed E-state index contributed by atoms with van der Waals surface area (Å²) >= 11 is 0. The van der Waals surface area contributed by atoms with Crippen molar-refractivity contribution in [3.8, 4) is 0 Å². The molecule has 0 aliphatic carbocycles. The molecule has 0 amide bonds. The molecular formula is C17H18N2O. The van der Waals surface area contributed by atoms with E-state index in [1.165, 1.54) is 24.3 Å². The van der Waals surface area contributed by atoms with Gasteiger partial charge in [-0.3, -0.25) is 9.80 Å². The number of hydrazone groups is 1. The summed E-state index contributed by atoms with van der Waals surface area (Å²) in [5.41, 5.74) is 2.34. The van der Waals surface area contributed by atoms with Crippen LogP contribution in [0.15, 0.2) is 65.8 Å². The number of rotatable bonds is 6. The lowest BCUT2D eigenvalue weighted by molar-refractivity contribution is -0.110. The molecule has 0 unspecified atom stereocenters. The number of Topliss-reactive ketones (excluding diaryl/α,β-unsaturated/α-hetero) is 1. The Kier molecular flexibility index (Phi) is 5.07. The van der Waals surface area contributed by atoms with Gasteiger partial charge in [-0.2, -0.15) is 5.10 Å². The van der Waals surface area contributed by atoms with E-state index in [2.05, 4.69) is 29.4 Å². The summed E-state index contributed by atoms with van der Waals surface area (Å²) in [6, 6.07) is 20.2. The van der Waals surface area contributed by atoms with Gasteiger partial charge in [-0.15, -0.1) is 0 Å². The number of hydrogen-bond acceptors (Lipinski definition) is 3. The molecule has 0 aliphatic rings. The van der Waals surface area contributed by atoms with Crippen LogP contribution in [0.25, 0.3) is 0 Å². The molecule has 0 aromatic heterocycles. The first-order chi connectivity index (χ1) is 9.74. The van der Waals surface area contributed by atoms with E-state index in [1.54, 1.807) is 0 Å². The quantitative estimate of drug-likeness (QED) is 0.594. The second kappa shape index (κ2) is 7.24. The zero-order valence-corrected chi connectivity index (χ0v) is 11.6. The highest BCUT2D eigenvalue weighted by Crippen LogP contribution is 2.10. The first kappa shape index (κ1) is 14.0. The summed E-state index contributed by atoms with van der Waals surface area (Å²) in [4.78, 5) is 11.1. The summed E-state index contributed by atoms with van der Waals surface area (Å²) < 4.78 is 0. The summed E-state index contributed by atoms with van der Waals surface area (Å²) in [6.07, 6.45) is 1.37. The molecule has 3 nitrogen and oxygen atoms in total. The van der Waals surface area contributed by atoms with Crippen molar-refractivity contribution < 1.29 is 4.79 Å². The van der Waals surface area contributed by atoms with E-state index in [4.69, 9.17) is 0 Å². The Hall–Kier alpha value is -2.42. The van der Waals surface area contributed by atoms with E-state index in [9.17, 15) is 4.79 Å². The lowest BCUT2D eigenvalue weighted by atomic mass is 10.2. The molecule has 2 aromatic carbocycles. The molecule has 0 heterocycles. The predicted molar refractivity (Wildman–Crippen MR) is 81.3 cm³/mol. The molecule has 0 fully saturated rings. The molecule has 0 saturated carbocycles. The molecule has 102 valence electrons. The number of nitrogens with zero attached hydrogens (tertiary/aromatic N) is 2. The summed E-state index contributed by atoms with van der Waals surface area (Å²) in [6.45, 7) is 2.87. The predicted octanol–water partition coefficient (Wildman–Crippen LogP) is 3.26. The van der Waals surface area contributed by atoms with Gasteiger partial charge < -0.3 is 0 Å². The highest BCUT2D eigenvalue weighted by molar-refractivity contribution is 6.26. The number of ketones is 1. The fourth-order valence-corrected chi connectivity index (χ4v) is 1.89. The smallest absolute Gasteiger partial charge is 0.172 e. The van der Waals surface area contributed by atoms with Crippen LogP contribution in [-0.2, 0) is 17.9 Å². The summed E-state index contributed by atoms with van der Waals surface area (Å²) in [5.74, 6) is -0.0453. The van der Waals surface area contributed by atoms with E-state index < -0.39 is 0 Å². The monoisotopic (exact) mass is 266 g/mol. The van der Waals surface area contributed by atoms with Gasteiger partial charge in [0.1, 0.15) is 0 Å². The van der Waals surface area contributed by atoms with Crippen LogP contribution >= 0.6 is 0 Å². The van der Waals surface area contributed by atoms with E-state index in [1.807, 2.05) is 41.4 Å². The van der Waals surface area contributed by atoms with Crippen molar-refractivity contribution in [1.29, 1.82) is 0 Å². The number of benzene rings is 2. The minimum atomic E-state index is -0.0453. The average Bonchev–Trinajstić information content (AvgIpc) is 2.47. The van der Waals surface area contributed by atoms with Gasteiger partial charge in [-0.25, -0.2) is 0 Å². The third-order valence-electron chi connectivity index (χ3n) is 2.82. The number of hydrogen-bond donors (Lipinski definition) is 0. The Bertz CT molecular complexity index is 523. The van der Waals surface area contributed by atoms with Crippen molar-refractivity contribution in [3.05, 3.63) is 71.8 Å². The maximum absolute atomic E-state index is 11.1. The molecule has 0 spiro atoms. The van der Waals surface area contributed by atoms with Crippen LogP contribution in [0.2, 0.25) is 0 Å². The Morgan fingerprint density at radius 3 is 1.80 bits per heavy atom. The van der Waals surface area contributed by atoms with Crippen molar-refractivity contribution in [3.63, 3.8) is 0 Å². The first-order valence-electron chi connectivity index (χ1n) is 6.61. The van der Waals surface area contributed by atoms with Gasteiger partial charge in [0, 0.05) is 6.92 Å². The molecule has 2 aromatic rings. The largest absolute Gasteiger partial charge is 0.293 e. The highest BCUT2D eigenvalue weighted by Gasteiger charge is 2.04. The highest BCUT2D eigenvalue weighted by atomic mass is 16.1. The number of carbonyl (C=O) groups is 1. The molecule has 0 atom stereocenters. The molecule has 0 radical (unpaired) electrons. The second-order valence-corrected chi connectivity index (χ2v) is 4.65. The Balaban J connectivity index is 2.10. The first-order valence-corrected chi connectivity index (χ1v) is 6.61. The second-order valence-electron chi connectivity index (χ2n) is 4.65. The lowest BCUT2D eigenvalue weighted by Gasteiger charge is -2.19. The third kappa shape index (κ3) is 4.69. The Morgan fingerprint density at radius 2 is 1.40 bits per heavy atom. The van der Waals surface area contributed by atoms with Crippen LogP contribution in [0.4, 0.5) is 0 Å². The molecule has 0 N–H and O–H groups in total. The van der Waals surface area contributed by atoms with Crippen LogP contribution in [0, 0.1) is 0 Å². The van der Waals surface area contributed by atoms with E-state index in [-0.39, 0.29) is 5.78 Å². The van der Waals surface area contributed by atoms with Crippen LogP contribution in [-0.4, -0.2) is 17.0 Å². The van der Waals surface area contributed by atoms with E-state index in [0.29, 0.717) is 13.1 Å². The van der Waals surface area contributed by atoms with Crippen molar-refractivity contribution in [2.24, 2.45) is 5.10 Å². The van der Waals surface area contributed by atoms with Gasteiger partial charge in [-0.1, -0.05) is 60.7 Å². The minimum absolute atomic E-state index is 0.0453. The van der Waals surface area contributed by atoms with Gasteiger partial charge in [0.15, 0.2) is 5.78 Å². The van der Waals surface area contributed by atoms with E-state index >= 15 is 0 Å². The Labute approximate surface area is 119 Å². The Morgan fingerprint density at radius 1 is 0.950 bits per heavy atom. The van der Waals surface area contributed by atoms with Crippen molar-refractivity contribution in [1.82, 2.24) is 5.01 Å². The van der Waals surface area contributed by atoms with Crippen molar-refractivity contribution in [2.45, 2.75) is 20.0 Å². The molecule has 0 aliphatic heterocycles. The zero-order valence-electron chi connectivity index (χ0n) is 11.6. The van der Waals surface area contributed by atoms with Gasteiger partial charge in [-0.05, 0) is 11.1 Å². The van der Waals surface area contributed by atoms with Gasteiger partial charge >= 0.3 is 0 Å². The van der Waals surface area contributed by atoms with E-state index in [0.717, 1.165) is 0 Å². The molecule has 20 heavy (non-hydrogen) atoms. The minimum Gasteiger partial charge on any atom is -0.293 e. The SMILES string of the molecule is CC(=O)C=NN(Cc1ccccc1)Cc1ccccc1. The summed E-state index contributed by atoms with van der Waals surface area (Å²) in [5, 5.41) is 6.17. The molecule has 3 heteroatoms. The number of carbonyl (C=O) groups excluding carboxylic acids is 1. The molecule has 2 rings (SSSR count). The molecule has 0 bridgehead atoms. The van der Waals surface area contributed by atoms with Gasteiger partial charge in [0.05, 0.1) is 19.3 Å². The zero-order chi connectivity index (χ0) is 14.2. The standard InChI is InChI=1S/C17H18N2O/c1-15(20)12-18-19(13-16-8-4-2-5-9-16)14-17-10-6-3-7-11-17/h2-12H,13-14H2,1H3. The van der Waals surface area contributed by atoms with Gasteiger partial charge in [0.2, 0.25) is 0 Å². The van der Waals surface area contributed by atoms with Crippen LogP contribution < -0.4 is 0 Å². The maximum atomic E-state index is 11.1. The fraction of sp³-hybridized carbons (Fsp3) is 0.176. The van der Waals surface area contributed by atoms with Crippen molar-refractivity contribution >= 4 is 12.0 Å². The summed E-state index contributed by atoms with van der Waals surface area (Å²) in [7, 11) is 0. The van der Waals surface area contributed by atoms with Crippen LogP contribution in [0.1, 0.15) is 18.1 Å². The fourth-order valence-electron chi connectivity index (χ4n) is 1.89. The molecular weight excluding hydrogens is 248 g/mol. The normalized spacial score (nSPS) is 10.7. The van der Waals surface area contributed by atoms with Crippen molar-refractivity contribution in [2.75, 3.05) is 0 Å².